The molecule has 34 heavy (non-hydrogen) atoms. The van der Waals surface area contributed by atoms with Crippen molar-refractivity contribution in [2.75, 3.05) is 19.6 Å². The van der Waals surface area contributed by atoms with Gasteiger partial charge in [0.25, 0.3) is 5.91 Å². The number of rotatable bonds is 5. The Bertz CT molecular complexity index is 1370. The minimum absolute atomic E-state index is 0.0435. The van der Waals surface area contributed by atoms with Gasteiger partial charge in [-0.05, 0) is 49.4 Å². The third-order valence-electron chi connectivity index (χ3n) is 6.38. The lowest BCUT2D eigenvalue weighted by molar-refractivity contribution is 0.0935. The fraction of sp³-hybridized carbons (Fsp3) is 0.280. The molecule has 1 aromatic carbocycles. The molecular formula is C25H24ClFN6O. The zero-order valence-electron chi connectivity index (χ0n) is 18.8. The van der Waals surface area contributed by atoms with E-state index in [1.807, 2.05) is 19.1 Å². The summed E-state index contributed by atoms with van der Waals surface area (Å²) in [7, 11) is 0. The van der Waals surface area contributed by atoms with E-state index < -0.39 is 0 Å². The summed E-state index contributed by atoms with van der Waals surface area (Å²) in [6.07, 6.45) is 3.27. The Kier molecular flexibility index (Phi) is 6.02. The first-order valence-corrected chi connectivity index (χ1v) is 11.6. The maximum atomic E-state index is 13.6. The third kappa shape index (κ3) is 4.26. The number of hydrogen-bond acceptors (Lipinski definition) is 5. The molecule has 5 rings (SSSR count). The van der Waals surface area contributed by atoms with Crippen molar-refractivity contribution in [3.05, 3.63) is 76.5 Å². The van der Waals surface area contributed by atoms with Crippen LogP contribution < -0.4 is 5.32 Å². The second-order valence-electron chi connectivity index (χ2n) is 8.58. The van der Waals surface area contributed by atoms with Crippen LogP contribution in [0.25, 0.3) is 22.3 Å². The van der Waals surface area contributed by atoms with Crippen molar-refractivity contribution in [3.63, 3.8) is 0 Å². The van der Waals surface area contributed by atoms with E-state index in [4.69, 9.17) is 11.6 Å². The maximum absolute atomic E-state index is 13.6. The topological polar surface area (TPSA) is 86.8 Å². The number of aromatic nitrogens is 4. The monoisotopic (exact) mass is 478 g/mol. The fourth-order valence-corrected chi connectivity index (χ4v) is 4.91. The molecule has 7 nitrogen and oxygen atoms in total. The number of likely N-dealkylation sites (tertiary alicyclic amines) is 1. The summed E-state index contributed by atoms with van der Waals surface area (Å²) in [5.41, 5.74) is 4.42. The summed E-state index contributed by atoms with van der Waals surface area (Å²) in [6, 6.07) is 9.92. The minimum atomic E-state index is -0.376. The van der Waals surface area contributed by atoms with Gasteiger partial charge in [0, 0.05) is 59.1 Å². The Balaban J connectivity index is 1.43. The van der Waals surface area contributed by atoms with Crippen molar-refractivity contribution in [1.82, 2.24) is 30.4 Å². The molecule has 0 spiro atoms. The van der Waals surface area contributed by atoms with Crippen molar-refractivity contribution < 1.29 is 9.18 Å². The SMILES string of the molecule is CCN1C[C@H](NC(=O)c2cnc3n[nH]c(-c4ccnc(C)c4)c3c2)[C@@H](c2ccc(F)cc2Cl)C1. The molecule has 174 valence electrons. The zero-order chi connectivity index (χ0) is 23.8. The molecule has 1 amide bonds. The predicted molar refractivity (Wildman–Crippen MR) is 129 cm³/mol. The molecule has 2 N–H and O–H groups in total. The molecule has 4 heterocycles. The summed E-state index contributed by atoms with van der Waals surface area (Å²) in [5.74, 6) is -0.643. The largest absolute Gasteiger partial charge is 0.347 e. The number of hydrogen-bond donors (Lipinski definition) is 2. The van der Waals surface area contributed by atoms with Gasteiger partial charge >= 0.3 is 0 Å². The van der Waals surface area contributed by atoms with Crippen molar-refractivity contribution in [3.8, 4) is 11.3 Å². The average molecular weight is 479 g/mol. The highest BCUT2D eigenvalue weighted by atomic mass is 35.5. The highest BCUT2D eigenvalue weighted by Crippen LogP contribution is 2.33. The van der Waals surface area contributed by atoms with Crippen molar-refractivity contribution in [1.29, 1.82) is 0 Å². The first kappa shape index (κ1) is 22.4. The van der Waals surface area contributed by atoms with Gasteiger partial charge in [0.2, 0.25) is 0 Å². The lowest BCUT2D eigenvalue weighted by Gasteiger charge is -2.21. The third-order valence-corrected chi connectivity index (χ3v) is 6.71. The molecule has 0 unspecified atom stereocenters. The minimum Gasteiger partial charge on any atom is -0.347 e. The van der Waals surface area contributed by atoms with Crippen molar-refractivity contribution in [2.24, 2.45) is 0 Å². The fourth-order valence-electron chi connectivity index (χ4n) is 4.60. The molecule has 3 aromatic heterocycles. The lowest BCUT2D eigenvalue weighted by Crippen LogP contribution is -2.40. The molecule has 1 aliphatic heterocycles. The van der Waals surface area contributed by atoms with E-state index >= 15 is 0 Å². The van der Waals surface area contributed by atoms with Gasteiger partial charge in [-0.25, -0.2) is 9.37 Å². The molecule has 9 heteroatoms. The highest BCUT2D eigenvalue weighted by Gasteiger charge is 2.35. The van der Waals surface area contributed by atoms with Crippen LogP contribution in [0.4, 0.5) is 4.39 Å². The van der Waals surface area contributed by atoms with Crippen LogP contribution in [0.1, 0.15) is 34.5 Å². The Morgan fingerprint density at radius 2 is 2.09 bits per heavy atom. The molecule has 1 aliphatic rings. The van der Waals surface area contributed by atoms with Gasteiger partial charge in [-0.2, -0.15) is 5.10 Å². The van der Waals surface area contributed by atoms with E-state index in [-0.39, 0.29) is 23.7 Å². The predicted octanol–water partition coefficient (Wildman–Crippen LogP) is 4.34. The Morgan fingerprint density at radius 1 is 1.24 bits per heavy atom. The molecule has 1 saturated heterocycles. The van der Waals surface area contributed by atoms with Crippen LogP contribution in [0.5, 0.6) is 0 Å². The van der Waals surface area contributed by atoms with Gasteiger partial charge in [-0.1, -0.05) is 24.6 Å². The first-order chi connectivity index (χ1) is 16.4. The maximum Gasteiger partial charge on any atom is 0.253 e. The van der Waals surface area contributed by atoms with Crippen LogP contribution in [0.2, 0.25) is 5.02 Å². The summed E-state index contributed by atoms with van der Waals surface area (Å²) in [5, 5.41) is 11.6. The van der Waals surface area contributed by atoms with Crippen molar-refractivity contribution in [2.45, 2.75) is 25.8 Å². The smallest absolute Gasteiger partial charge is 0.253 e. The van der Waals surface area contributed by atoms with E-state index in [1.165, 1.54) is 18.3 Å². The highest BCUT2D eigenvalue weighted by molar-refractivity contribution is 6.31. The van der Waals surface area contributed by atoms with Gasteiger partial charge in [-0.15, -0.1) is 0 Å². The van der Waals surface area contributed by atoms with Crippen LogP contribution in [-0.4, -0.2) is 56.6 Å². The van der Waals surface area contributed by atoms with Crippen LogP contribution >= 0.6 is 11.6 Å². The summed E-state index contributed by atoms with van der Waals surface area (Å²) in [6.45, 7) is 6.26. The van der Waals surface area contributed by atoms with Gasteiger partial charge < -0.3 is 10.2 Å². The quantitative estimate of drug-likeness (QED) is 0.445. The van der Waals surface area contributed by atoms with E-state index in [2.05, 4.69) is 37.3 Å². The van der Waals surface area contributed by atoms with Crippen LogP contribution in [0.3, 0.4) is 0 Å². The van der Waals surface area contributed by atoms with E-state index in [1.54, 1.807) is 18.3 Å². The molecule has 4 aromatic rings. The van der Waals surface area contributed by atoms with Gasteiger partial charge in [0.15, 0.2) is 5.65 Å². The first-order valence-electron chi connectivity index (χ1n) is 11.2. The molecule has 1 fully saturated rings. The van der Waals surface area contributed by atoms with Crippen LogP contribution in [0.15, 0.2) is 48.8 Å². The number of aryl methyl sites for hydroxylation is 1. The van der Waals surface area contributed by atoms with Gasteiger partial charge in [0.05, 0.1) is 11.3 Å². The summed E-state index contributed by atoms with van der Waals surface area (Å²) >= 11 is 6.36. The van der Waals surface area contributed by atoms with Gasteiger partial charge in [-0.3, -0.25) is 14.9 Å². The lowest BCUT2D eigenvalue weighted by atomic mass is 9.94. The molecule has 0 saturated carbocycles. The Labute approximate surface area is 201 Å². The number of likely N-dealkylation sites (N-methyl/N-ethyl adjacent to an activating group) is 1. The Morgan fingerprint density at radius 3 is 2.85 bits per heavy atom. The summed E-state index contributed by atoms with van der Waals surface area (Å²) < 4.78 is 13.6. The number of amides is 1. The number of carbonyl (C=O) groups is 1. The second kappa shape index (κ2) is 9.12. The molecule has 2 atom stereocenters. The Hall–Kier alpha value is -3.36. The number of nitrogens with one attached hydrogen (secondary N) is 2. The van der Waals surface area contributed by atoms with Gasteiger partial charge in [0.1, 0.15) is 5.82 Å². The second-order valence-corrected chi connectivity index (χ2v) is 8.99. The van der Waals surface area contributed by atoms with E-state index in [9.17, 15) is 9.18 Å². The number of carbonyl (C=O) groups excluding carboxylic acids is 1. The average Bonchev–Trinajstić information content (AvgIpc) is 3.42. The number of halogens is 2. The van der Waals surface area contributed by atoms with Crippen LogP contribution in [0, 0.1) is 12.7 Å². The normalized spacial score (nSPS) is 18.5. The number of pyridine rings is 2. The van der Waals surface area contributed by atoms with E-state index in [0.29, 0.717) is 22.8 Å². The zero-order valence-corrected chi connectivity index (χ0v) is 19.6. The number of nitrogens with zero attached hydrogens (tertiary/aromatic N) is 4. The summed E-state index contributed by atoms with van der Waals surface area (Å²) in [4.78, 5) is 24.1. The molecule has 0 aliphatic carbocycles. The molecular weight excluding hydrogens is 455 g/mol. The molecule has 0 radical (unpaired) electrons. The number of fused-ring (bicyclic) bond motifs is 1. The number of H-pyrrole nitrogens is 1. The number of aromatic amines is 1. The van der Waals surface area contributed by atoms with Crippen LogP contribution in [-0.2, 0) is 0 Å². The van der Waals surface area contributed by atoms with Crippen molar-refractivity contribution >= 4 is 28.5 Å². The number of benzene rings is 1. The standard InChI is InChI=1S/C25H24ClFN6O/c1-3-33-12-20(18-5-4-17(27)10-21(18)26)22(13-33)30-25(34)16-9-19-23(31-32-24(19)29-11-16)15-6-7-28-14(2)8-15/h4-11,20,22H,3,12-13H2,1-2H3,(H,30,34)(H,29,31,32)/t20-,22+/m1/s1. The van der Waals surface area contributed by atoms with E-state index in [0.717, 1.165) is 41.0 Å². The molecule has 0 bridgehead atoms.